The summed E-state index contributed by atoms with van der Waals surface area (Å²) in [6.45, 7) is 3.05. The average molecular weight is 590 g/mol. The van der Waals surface area contributed by atoms with Crippen molar-refractivity contribution in [3.63, 3.8) is 0 Å². The van der Waals surface area contributed by atoms with Crippen molar-refractivity contribution < 1.29 is 14.3 Å². The molecule has 6 nitrogen and oxygen atoms in total. The third-order valence-electron chi connectivity index (χ3n) is 7.67. The van der Waals surface area contributed by atoms with Gasteiger partial charge in [-0.1, -0.05) is 97.1 Å². The number of nitrogens with one attached hydrogen (secondary N) is 1. The summed E-state index contributed by atoms with van der Waals surface area (Å²) in [5, 5.41) is 5.81. The molecule has 43 heavy (non-hydrogen) atoms. The SMILES string of the molecule is O=C(NCCc1ccccc1)c1csc(CN(CCC(c2ccccc2)c2ccccc2)Cc2ccc3c(c2)OCO3)n1. The van der Waals surface area contributed by atoms with Gasteiger partial charge in [0.1, 0.15) is 10.7 Å². The molecule has 0 saturated carbocycles. The lowest BCUT2D eigenvalue weighted by Crippen LogP contribution is -2.27. The van der Waals surface area contributed by atoms with Gasteiger partial charge in [-0.2, -0.15) is 0 Å². The summed E-state index contributed by atoms with van der Waals surface area (Å²) < 4.78 is 11.2. The number of carbonyl (C=O) groups excluding carboxylic acids is 1. The van der Waals surface area contributed by atoms with Crippen molar-refractivity contribution in [2.75, 3.05) is 19.9 Å². The number of rotatable bonds is 13. The van der Waals surface area contributed by atoms with Crippen LogP contribution in [0.5, 0.6) is 11.5 Å². The normalized spacial score (nSPS) is 12.1. The summed E-state index contributed by atoms with van der Waals surface area (Å²) in [7, 11) is 0. The van der Waals surface area contributed by atoms with E-state index in [1.54, 1.807) is 0 Å². The Hall–Kier alpha value is -4.46. The summed E-state index contributed by atoms with van der Waals surface area (Å²) in [5.41, 5.74) is 5.43. The molecule has 6 rings (SSSR count). The number of carbonyl (C=O) groups is 1. The number of ether oxygens (including phenoxy) is 2. The fourth-order valence-corrected chi connectivity index (χ4v) is 6.27. The maximum atomic E-state index is 12.9. The van der Waals surface area contributed by atoms with Gasteiger partial charge in [0.25, 0.3) is 5.91 Å². The predicted octanol–water partition coefficient (Wildman–Crippen LogP) is 7.07. The first-order valence-electron chi connectivity index (χ1n) is 14.7. The van der Waals surface area contributed by atoms with Crippen LogP contribution >= 0.6 is 11.3 Å². The molecule has 0 bridgehead atoms. The lowest BCUT2D eigenvalue weighted by Gasteiger charge is -2.25. The van der Waals surface area contributed by atoms with E-state index in [0.29, 0.717) is 18.8 Å². The third-order valence-corrected chi connectivity index (χ3v) is 8.50. The molecular formula is C36H35N3O3S. The van der Waals surface area contributed by atoms with Crippen molar-refractivity contribution >= 4 is 17.2 Å². The van der Waals surface area contributed by atoms with E-state index in [1.807, 2.05) is 29.6 Å². The van der Waals surface area contributed by atoms with Gasteiger partial charge in [0.05, 0.1) is 6.54 Å². The van der Waals surface area contributed by atoms with Gasteiger partial charge in [-0.05, 0) is 53.8 Å². The summed E-state index contributed by atoms with van der Waals surface area (Å²) in [4.78, 5) is 20.0. The summed E-state index contributed by atoms with van der Waals surface area (Å²) >= 11 is 1.54. The van der Waals surface area contributed by atoms with Gasteiger partial charge in [-0.25, -0.2) is 4.98 Å². The molecule has 4 aromatic carbocycles. The van der Waals surface area contributed by atoms with Crippen molar-refractivity contribution in [3.05, 3.63) is 148 Å². The molecule has 0 saturated heterocycles. The zero-order valence-corrected chi connectivity index (χ0v) is 24.8. The molecule has 0 atom stereocenters. The fraction of sp³-hybridized carbons (Fsp3) is 0.222. The van der Waals surface area contributed by atoms with Crippen molar-refractivity contribution in [3.8, 4) is 11.5 Å². The van der Waals surface area contributed by atoms with Gasteiger partial charge in [-0.3, -0.25) is 9.69 Å². The lowest BCUT2D eigenvalue weighted by atomic mass is 9.88. The van der Waals surface area contributed by atoms with Crippen molar-refractivity contribution in [1.82, 2.24) is 15.2 Å². The van der Waals surface area contributed by atoms with E-state index in [4.69, 9.17) is 14.5 Å². The topological polar surface area (TPSA) is 63.7 Å². The molecule has 1 N–H and O–H groups in total. The smallest absolute Gasteiger partial charge is 0.270 e. The molecule has 0 radical (unpaired) electrons. The lowest BCUT2D eigenvalue weighted by molar-refractivity contribution is 0.0949. The fourth-order valence-electron chi connectivity index (χ4n) is 5.45. The Morgan fingerprint density at radius 2 is 1.49 bits per heavy atom. The van der Waals surface area contributed by atoms with Crippen LogP contribution in [0.3, 0.4) is 0 Å². The minimum absolute atomic E-state index is 0.131. The number of hydrogen-bond acceptors (Lipinski definition) is 6. The highest BCUT2D eigenvalue weighted by Gasteiger charge is 2.20. The first-order valence-corrected chi connectivity index (χ1v) is 15.6. The summed E-state index contributed by atoms with van der Waals surface area (Å²) in [6.07, 6.45) is 1.73. The van der Waals surface area contributed by atoms with Gasteiger partial charge in [0.2, 0.25) is 6.79 Å². The Bertz CT molecular complexity index is 1570. The summed E-state index contributed by atoms with van der Waals surface area (Å²) in [5.74, 6) is 1.71. The largest absolute Gasteiger partial charge is 0.454 e. The van der Waals surface area contributed by atoms with Gasteiger partial charge >= 0.3 is 0 Å². The van der Waals surface area contributed by atoms with E-state index in [2.05, 4.69) is 95.1 Å². The van der Waals surface area contributed by atoms with Crippen LogP contribution in [0.1, 0.15) is 50.1 Å². The number of hydrogen-bond donors (Lipinski definition) is 1. The van der Waals surface area contributed by atoms with E-state index in [0.717, 1.165) is 48.0 Å². The molecule has 1 aromatic heterocycles. The molecule has 0 aliphatic carbocycles. The first-order chi connectivity index (χ1) is 21.2. The van der Waals surface area contributed by atoms with Crippen LogP contribution in [0.25, 0.3) is 0 Å². The van der Waals surface area contributed by atoms with Crippen LogP contribution < -0.4 is 14.8 Å². The number of benzene rings is 4. The number of thiazole rings is 1. The van der Waals surface area contributed by atoms with Crippen LogP contribution in [0.2, 0.25) is 0 Å². The minimum atomic E-state index is -0.131. The number of nitrogens with zero attached hydrogens (tertiary/aromatic N) is 2. The second-order valence-corrected chi connectivity index (χ2v) is 11.6. The van der Waals surface area contributed by atoms with E-state index in [9.17, 15) is 4.79 Å². The summed E-state index contributed by atoms with van der Waals surface area (Å²) in [6, 6.07) is 37.7. The number of fused-ring (bicyclic) bond motifs is 1. The Balaban J connectivity index is 1.16. The van der Waals surface area contributed by atoms with Gasteiger partial charge in [0, 0.05) is 24.4 Å². The Morgan fingerprint density at radius 1 is 0.814 bits per heavy atom. The highest BCUT2D eigenvalue weighted by Crippen LogP contribution is 2.33. The van der Waals surface area contributed by atoms with Crippen LogP contribution in [0.4, 0.5) is 0 Å². The highest BCUT2D eigenvalue weighted by atomic mass is 32.1. The second kappa shape index (κ2) is 14.1. The second-order valence-electron chi connectivity index (χ2n) is 10.7. The molecule has 1 amide bonds. The predicted molar refractivity (Wildman–Crippen MR) is 171 cm³/mol. The Kier molecular flexibility index (Phi) is 9.42. The first kappa shape index (κ1) is 28.6. The molecule has 218 valence electrons. The monoisotopic (exact) mass is 589 g/mol. The van der Waals surface area contributed by atoms with Crippen LogP contribution in [-0.4, -0.2) is 35.7 Å². The molecule has 5 aromatic rings. The maximum Gasteiger partial charge on any atom is 0.270 e. The molecule has 0 fully saturated rings. The number of aromatic nitrogens is 1. The van der Waals surface area contributed by atoms with E-state index in [1.165, 1.54) is 28.0 Å². The molecule has 7 heteroatoms. The zero-order chi connectivity index (χ0) is 29.3. The molecule has 0 spiro atoms. The highest BCUT2D eigenvalue weighted by molar-refractivity contribution is 7.09. The number of amides is 1. The molecular weight excluding hydrogens is 554 g/mol. The van der Waals surface area contributed by atoms with E-state index in [-0.39, 0.29) is 18.6 Å². The molecule has 1 aliphatic heterocycles. The molecule has 2 heterocycles. The van der Waals surface area contributed by atoms with Crippen molar-refractivity contribution in [2.24, 2.45) is 0 Å². The van der Waals surface area contributed by atoms with E-state index >= 15 is 0 Å². The van der Waals surface area contributed by atoms with Gasteiger partial charge in [0.15, 0.2) is 11.5 Å². The Morgan fingerprint density at radius 3 is 2.21 bits per heavy atom. The average Bonchev–Trinajstić information content (AvgIpc) is 3.72. The van der Waals surface area contributed by atoms with Crippen molar-refractivity contribution in [2.45, 2.75) is 31.8 Å². The zero-order valence-electron chi connectivity index (χ0n) is 24.0. The quantitative estimate of drug-likeness (QED) is 0.159. The molecule has 0 unspecified atom stereocenters. The van der Waals surface area contributed by atoms with Gasteiger partial charge < -0.3 is 14.8 Å². The Labute approximate surface area is 256 Å². The van der Waals surface area contributed by atoms with Gasteiger partial charge in [-0.15, -0.1) is 11.3 Å². The van der Waals surface area contributed by atoms with Crippen LogP contribution in [0, 0.1) is 0 Å². The molecule has 1 aliphatic rings. The van der Waals surface area contributed by atoms with Crippen molar-refractivity contribution in [1.29, 1.82) is 0 Å². The van der Waals surface area contributed by atoms with Crippen LogP contribution in [-0.2, 0) is 19.5 Å². The minimum Gasteiger partial charge on any atom is -0.454 e. The third kappa shape index (κ3) is 7.69. The van der Waals surface area contributed by atoms with Crippen LogP contribution in [0.15, 0.2) is 115 Å². The maximum absolute atomic E-state index is 12.9. The standard InChI is InChI=1S/C36H35N3O3S/c40-36(37-20-18-27-10-4-1-5-11-27)32-25-43-35(38-32)24-39(23-28-16-17-33-34(22-28)42-26-41-33)21-19-31(29-12-6-2-7-13-29)30-14-8-3-9-15-30/h1-17,22,25,31H,18-21,23-24,26H2,(H,37,40). The van der Waals surface area contributed by atoms with E-state index < -0.39 is 0 Å².